The van der Waals surface area contributed by atoms with Gasteiger partial charge in [-0.25, -0.2) is 18.1 Å². The van der Waals surface area contributed by atoms with Gasteiger partial charge in [-0.1, -0.05) is 35.0 Å². The molecular weight excluding hydrogens is 669 g/mol. The van der Waals surface area contributed by atoms with Crippen molar-refractivity contribution in [3.63, 3.8) is 0 Å². The average Bonchev–Trinajstić information content (AvgIpc) is 3.48. The summed E-state index contributed by atoms with van der Waals surface area (Å²) in [5, 5.41) is 17.1. The Balaban J connectivity index is 0.000000188. The van der Waals surface area contributed by atoms with E-state index in [1.807, 2.05) is 0 Å². The molecular formula is C32H30Cl2F2N8O4. The summed E-state index contributed by atoms with van der Waals surface area (Å²) in [6.07, 6.45) is 13.9. The number of hydrogen-bond acceptors (Lipinski definition) is 7. The maximum Gasteiger partial charge on any atom is 0.295 e. The molecule has 12 nitrogen and oxygen atoms in total. The summed E-state index contributed by atoms with van der Waals surface area (Å²) in [4.78, 5) is 35.7. The van der Waals surface area contributed by atoms with Gasteiger partial charge in [0, 0.05) is 37.3 Å². The Bertz CT molecular complexity index is 2120. The summed E-state index contributed by atoms with van der Waals surface area (Å²) in [6, 6.07) is 4.63. The Morgan fingerprint density at radius 1 is 0.771 bits per heavy atom. The first-order valence-electron chi connectivity index (χ1n) is 14.9. The first kappa shape index (κ1) is 34.2. The van der Waals surface area contributed by atoms with Crippen molar-refractivity contribution in [3.8, 4) is 46.9 Å². The summed E-state index contributed by atoms with van der Waals surface area (Å²) in [5.74, 6) is 3.24. The van der Waals surface area contributed by atoms with Crippen LogP contribution in [0.25, 0.3) is 22.3 Å². The maximum atomic E-state index is 14.5. The summed E-state index contributed by atoms with van der Waals surface area (Å²) in [7, 11) is 0. The Hall–Kier alpha value is -5.18. The van der Waals surface area contributed by atoms with Crippen LogP contribution < -0.4 is 27.5 Å². The van der Waals surface area contributed by atoms with Crippen LogP contribution in [0.1, 0.15) is 25.7 Å². The molecule has 0 aliphatic carbocycles. The molecule has 2 aliphatic heterocycles. The lowest BCUT2D eigenvalue weighted by Crippen LogP contribution is -2.27. The van der Waals surface area contributed by atoms with Crippen molar-refractivity contribution in [1.82, 2.24) is 18.7 Å². The number of nitrogens with two attached hydrogens (primary N) is 1. The molecule has 0 fully saturated rings. The fourth-order valence-corrected chi connectivity index (χ4v) is 6.49. The molecule has 0 unspecified atom stereocenters. The van der Waals surface area contributed by atoms with Crippen LogP contribution >= 0.6 is 23.2 Å². The van der Waals surface area contributed by atoms with Crippen molar-refractivity contribution in [1.29, 1.82) is 0 Å². The highest BCUT2D eigenvalue weighted by Crippen LogP contribution is 2.36. The molecule has 16 heteroatoms. The molecule has 250 valence electrons. The smallest absolute Gasteiger partial charge is 0.295 e. The molecule has 0 atom stereocenters. The predicted octanol–water partition coefficient (Wildman–Crippen LogP) is 5.39. The van der Waals surface area contributed by atoms with Gasteiger partial charge < -0.3 is 16.4 Å². The Labute approximate surface area is 283 Å². The highest BCUT2D eigenvalue weighted by atomic mass is 35.5. The minimum atomic E-state index is -0.888. The molecule has 2 aromatic heterocycles. The number of nitrogen functional groups attached to an aromatic ring is 1. The van der Waals surface area contributed by atoms with E-state index in [1.165, 1.54) is 22.9 Å². The van der Waals surface area contributed by atoms with E-state index >= 15 is 0 Å². The molecule has 0 bridgehead atoms. The summed E-state index contributed by atoms with van der Waals surface area (Å²) in [5.41, 5.74) is 5.55. The van der Waals surface area contributed by atoms with E-state index < -0.39 is 27.8 Å². The van der Waals surface area contributed by atoms with Gasteiger partial charge in [-0.15, -0.1) is 12.8 Å². The molecule has 48 heavy (non-hydrogen) atoms. The second-order valence-corrected chi connectivity index (χ2v) is 11.7. The topological polar surface area (TPSA) is 147 Å². The summed E-state index contributed by atoms with van der Waals surface area (Å²) in [6.45, 7) is 2.55. The van der Waals surface area contributed by atoms with E-state index in [1.54, 1.807) is 14.0 Å². The SMILES string of the molecule is C#CCNc1cc(-c2c(Cl)n3n(c2=O)CCCC3)c(F)cc1N.C#CCNc1cc(-c2c(Cl)n3n(c2=O)CCCC3)c(F)cc1[N+](=O)[O-]. The van der Waals surface area contributed by atoms with E-state index in [4.69, 9.17) is 41.8 Å². The van der Waals surface area contributed by atoms with E-state index in [9.17, 15) is 28.5 Å². The van der Waals surface area contributed by atoms with Gasteiger partial charge in [0.2, 0.25) is 0 Å². The highest BCUT2D eigenvalue weighted by Gasteiger charge is 2.28. The van der Waals surface area contributed by atoms with Crippen LogP contribution in [0.4, 0.5) is 31.5 Å². The van der Waals surface area contributed by atoms with Gasteiger partial charge in [-0.2, -0.15) is 0 Å². The summed E-state index contributed by atoms with van der Waals surface area (Å²) < 4.78 is 35.3. The van der Waals surface area contributed by atoms with E-state index in [0.717, 1.165) is 31.7 Å². The molecule has 0 amide bonds. The van der Waals surface area contributed by atoms with E-state index in [2.05, 4.69) is 22.5 Å². The standard InChI is InChI=1S/C16H14ClFN4O3.C16H16ClFN4O/c1-2-5-19-12-8-10(11(18)9-13(12)22(24)25)14-15(17)20-6-3-4-7-21(20)16(14)23;1-2-5-20-13-8-10(11(18)9-12(13)19)14-15(17)21-6-3-4-7-22(21)16(14)23/h1,8-9,19H,3-7H2;1,8-9,20H,3-7,19H2. The molecule has 0 saturated heterocycles. The van der Waals surface area contributed by atoms with Gasteiger partial charge in [-0.3, -0.25) is 29.1 Å². The van der Waals surface area contributed by atoms with E-state index in [-0.39, 0.29) is 62.6 Å². The minimum Gasteiger partial charge on any atom is -0.397 e. The first-order valence-corrected chi connectivity index (χ1v) is 15.7. The number of halogens is 4. The van der Waals surface area contributed by atoms with Gasteiger partial charge in [0.05, 0.1) is 46.6 Å². The van der Waals surface area contributed by atoms with Gasteiger partial charge in [0.15, 0.2) is 0 Å². The van der Waals surface area contributed by atoms with Crippen molar-refractivity contribution >= 4 is 46.0 Å². The third kappa shape index (κ3) is 6.37. The fourth-order valence-electron chi connectivity index (χ4n) is 5.78. The Morgan fingerprint density at radius 2 is 1.19 bits per heavy atom. The number of nitro benzene ring substituents is 1. The van der Waals surface area contributed by atoms with Gasteiger partial charge in [0.25, 0.3) is 16.8 Å². The largest absolute Gasteiger partial charge is 0.397 e. The number of benzene rings is 2. The zero-order chi connectivity index (χ0) is 34.7. The second kappa shape index (κ2) is 14.3. The number of nitro groups is 1. The van der Waals surface area contributed by atoms with Crippen molar-refractivity contribution in [2.24, 2.45) is 0 Å². The van der Waals surface area contributed by atoms with Crippen LogP contribution in [-0.2, 0) is 26.2 Å². The lowest BCUT2D eigenvalue weighted by Gasteiger charge is -2.17. The lowest BCUT2D eigenvalue weighted by atomic mass is 10.1. The number of aromatic nitrogens is 4. The quantitative estimate of drug-likeness (QED) is 0.102. The number of rotatable bonds is 7. The zero-order valence-corrected chi connectivity index (χ0v) is 27.0. The monoisotopic (exact) mass is 698 g/mol. The number of nitrogens with one attached hydrogen (secondary N) is 2. The molecule has 4 aromatic rings. The molecule has 4 heterocycles. The number of nitrogens with zero attached hydrogens (tertiary/aromatic N) is 5. The van der Waals surface area contributed by atoms with Gasteiger partial charge >= 0.3 is 0 Å². The molecule has 0 radical (unpaired) electrons. The van der Waals surface area contributed by atoms with Crippen LogP contribution in [0.15, 0.2) is 33.9 Å². The molecule has 4 N–H and O–H groups in total. The van der Waals surface area contributed by atoms with Crippen molar-refractivity contribution in [2.45, 2.75) is 51.9 Å². The summed E-state index contributed by atoms with van der Waals surface area (Å²) >= 11 is 12.6. The molecule has 0 spiro atoms. The Kier molecular flexibility index (Phi) is 10.2. The zero-order valence-electron chi connectivity index (χ0n) is 25.5. The number of anilines is 3. The third-order valence-corrected chi connectivity index (χ3v) is 8.81. The molecule has 0 saturated carbocycles. The van der Waals surface area contributed by atoms with Crippen LogP contribution in [0.3, 0.4) is 0 Å². The molecule has 6 rings (SSSR count). The number of hydrogen-bond donors (Lipinski definition) is 3. The van der Waals surface area contributed by atoms with Crippen molar-refractivity contribution < 1.29 is 13.7 Å². The average molecular weight is 700 g/mol. The Morgan fingerprint density at radius 3 is 1.62 bits per heavy atom. The van der Waals surface area contributed by atoms with Gasteiger partial charge in [0.1, 0.15) is 27.6 Å². The maximum absolute atomic E-state index is 14.5. The van der Waals surface area contributed by atoms with Crippen LogP contribution in [0.2, 0.25) is 10.3 Å². The highest BCUT2D eigenvalue weighted by molar-refractivity contribution is 6.32. The lowest BCUT2D eigenvalue weighted by molar-refractivity contribution is -0.384. The van der Waals surface area contributed by atoms with Crippen molar-refractivity contribution in [2.75, 3.05) is 29.5 Å². The van der Waals surface area contributed by atoms with Crippen molar-refractivity contribution in [3.05, 3.63) is 77.0 Å². The number of fused-ring (bicyclic) bond motifs is 2. The van der Waals surface area contributed by atoms with Crippen LogP contribution in [0, 0.1) is 46.4 Å². The fraction of sp³-hybridized carbons (Fsp3) is 0.312. The third-order valence-electron chi connectivity index (χ3n) is 8.05. The number of terminal acetylenes is 2. The predicted molar refractivity (Wildman–Crippen MR) is 182 cm³/mol. The minimum absolute atomic E-state index is 0.000257. The molecule has 2 aromatic carbocycles. The van der Waals surface area contributed by atoms with Gasteiger partial charge in [-0.05, 0) is 43.9 Å². The normalized spacial score (nSPS) is 13.3. The van der Waals surface area contributed by atoms with Crippen LogP contribution in [-0.4, -0.2) is 36.7 Å². The first-order chi connectivity index (χ1) is 23.0. The van der Waals surface area contributed by atoms with Crippen LogP contribution in [0.5, 0.6) is 0 Å². The van der Waals surface area contributed by atoms with E-state index in [0.29, 0.717) is 31.9 Å². The second-order valence-electron chi connectivity index (χ2n) is 11.0. The molecule has 2 aliphatic rings.